The molecule has 1 N–H and O–H groups in total. The van der Waals surface area contributed by atoms with Gasteiger partial charge in [0.1, 0.15) is 12.1 Å². The molecule has 0 unspecified atom stereocenters. The summed E-state index contributed by atoms with van der Waals surface area (Å²) in [6, 6.07) is 6.31. The van der Waals surface area contributed by atoms with Gasteiger partial charge in [-0.3, -0.25) is 4.79 Å². The maximum atomic E-state index is 13.0. The van der Waals surface area contributed by atoms with E-state index in [0.717, 1.165) is 51.4 Å². The third kappa shape index (κ3) is 6.18. The van der Waals surface area contributed by atoms with E-state index < -0.39 is 12.0 Å². The van der Waals surface area contributed by atoms with Gasteiger partial charge in [-0.05, 0) is 68.2 Å². The number of nitrogens with one attached hydrogen (secondary N) is 1. The van der Waals surface area contributed by atoms with Crippen LogP contribution < -0.4 is 5.32 Å². The van der Waals surface area contributed by atoms with Gasteiger partial charge >= 0.3 is 11.9 Å². The zero-order valence-corrected chi connectivity index (χ0v) is 17.6. The molecule has 0 radical (unpaired) electrons. The lowest BCUT2D eigenvalue weighted by atomic mass is 9.83. The van der Waals surface area contributed by atoms with Crippen molar-refractivity contribution in [3.05, 3.63) is 41.5 Å². The van der Waals surface area contributed by atoms with Crippen molar-refractivity contribution in [3.63, 3.8) is 0 Å². The van der Waals surface area contributed by atoms with Crippen LogP contribution in [-0.4, -0.2) is 37.1 Å². The molecular weight excluding hydrogens is 382 g/mol. The maximum absolute atomic E-state index is 13.0. The third-order valence-corrected chi connectivity index (χ3v) is 6.01. The number of rotatable bonds is 7. The van der Waals surface area contributed by atoms with Gasteiger partial charge in [0.2, 0.25) is 0 Å². The summed E-state index contributed by atoms with van der Waals surface area (Å²) in [6.07, 6.45) is 12.0. The summed E-state index contributed by atoms with van der Waals surface area (Å²) in [6.45, 7) is 0. The van der Waals surface area contributed by atoms with Crippen LogP contribution in [0.1, 0.15) is 73.7 Å². The first-order valence-corrected chi connectivity index (χ1v) is 10.9. The van der Waals surface area contributed by atoms with Crippen LogP contribution in [-0.2, 0) is 19.1 Å². The van der Waals surface area contributed by atoms with E-state index in [4.69, 9.17) is 4.74 Å². The highest BCUT2D eigenvalue weighted by Crippen LogP contribution is 2.29. The third-order valence-electron chi connectivity index (χ3n) is 6.01. The average Bonchev–Trinajstić information content (AvgIpc) is 3.29. The molecule has 0 aliphatic heterocycles. The number of benzene rings is 1. The van der Waals surface area contributed by atoms with Gasteiger partial charge in [0.15, 0.2) is 0 Å². The SMILES string of the molecule is COC(=O)/C=C/c1cccc(C(=O)N[C@H](C(=O)OC2CCCC2)C2CCCCC2)c1. The molecule has 3 rings (SSSR count). The van der Waals surface area contributed by atoms with Crippen LogP contribution in [0.5, 0.6) is 0 Å². The molecule has 2 fully saturated rings. The Morgan fingerprint density at radius 2 is 1.73 bits per heavy atom. The van der Waals surface area contributed by atoms with E-state index in [1.165, 1.54) is 19.6 Å². The zero-order valence-electron chi connectivity index (χ0n) is 17.6. The van der Waals surface area contributed by atoms with E-state index in [9.17, 15) is 14.4 Å². The summed E-state index contributed by atoms with van der Waals surface area (Å²) in [5.41, 5.74) is 1.15. The van der Waals surface area contributed by atoms with Crippen molar-refractivity contribution >= 4 is 23.9 Å². The number of carbonyl (C=O) groups is 3. The molecule has 2 aliphatic rings. The van der Waals surface area contributed by atoms with Crippen LogP contribution in [0.25, 0.3) is 6.08 Å². The molecule has 2 aliphatic carbocycles. The number of esters is 2. The number of hydrogen-bond donors (Lipinski definition) is 1. The largest absolute Gasteiger partial charge is 0.466 e. The Balaban J connectivity index is 1.71. The van der Waals surface area contributed by atoms with Gasteiger partial charge in [-0.1, -0.05) is 31.4 Å². The van der Waals surface area contributed by atoms with Crippen LogP contribution in [0.3, 0.4) is 0 Å². The van der Waals surface area contributed by atoms with Crippen LogP contribution in [0.4, 0.5) is 0 Å². The van der Waals surface area contributed by atoms with E-state index in [2.05, 4.69) is 10.1 Å². The fourth-order valence-electron chi connectivity index (χ4n) is 4.32. The fraction of sp³-hybridized carbons (Fsp3) is 0.542. The Labute approximate surface area is 178 Å². The zero-order chi connectivity index (χ0) is 21.3. The topological polar surface area (TPSA) is 81.7 Å². The Hall–Kier alpha value is -2.63. The van der Waals surface area contributed by atoms with Crippen LogP contribution >= 0.6 is 0 Å². The van der Waals surface area contributed by atoms with Gasteiger partial charge in [-0.15, -0.1) is 0 Å². The summed E-state index contributed by atoms with van der Waals surface area (Å²) in [7, 11) is 1.31. The quantitative estimate of drug-likeness (QED) is 0.539. The van der Waals surface area contributed by atoms with Crippen molar-refractivity contribution in [3.8, 4) is 0 Å². The number of ether oxygens (including phenoxy) is 2. The second-order valence-electron chi connectivity index (χ2n) is 8.17. The van der Waals surface area contributed by atoms with Crippen molar-refractivity contribution in [1.29, 1.82) is 0 Å². The number of methoxy groups -OCH3 is 1. The van der Waals surface area contributed by atoms with Crippen LogP contribution in [0.15, 0.2) is 30.3 Å². The van der Waals surface area contributed by atoms with Gasteiger partial charge in [0.05, 0.1) is 7.11 Å². The molecule has 30 heavy (non-hydrogen) atoms. The molecule has 1 aromatic carbocycles. The van der Waals surface area contributed by atoms with Gasteiger partial charge < -0.3 is 14.8 Å². The first kappa shape index (κ1) is 22.1. The molecule has 0 bridgehead atoms. The summed E-state index contributed by atoms with van der Waals surface area (Å²) >= 11 is 0. The number of hydrogen-bond acceptors (Lipinski definition) is 5. The first-order chi connectivity index (χ1) is 14.6. The fourth-order valence-corrected chi connectivity index (χ4v) is 4.32. The van der Waals surface area contributed by atoms with Crippen molar-refractivity contribution in [2.75, 3.05) is 7.11 Å². The van der Waals surface area contributed by atoms with Gasteiger partial charge in [-0.2, -0.15) is 0 Å². The highest BCUT2D eigenvalue weighted by Gasteiger charge is 2.34. The second kappa shape index (κ2) is 11.0. The molecule has 0 saturated heterocycles. The lowest BCUT2D eigenvalue weighted by molar-refractivity contribution is -0.153. The lowest BCUT2D eigenvalue weighted by Crippen LogP contribution is -2.48. The second-order valence-corrected chi connectivity index (χ2v) is 8.17. The lowest BCUT2D eigenvalue weighted by Gasteiger charge is -2.30. The minimum atomic E-state index is -0.618. The molecule has 6 heteroatoms. The normalized spacial score (nSPS) is 18.8. The molecule has 1 aromatic rings. The summed E-state index contributed by atoms with van der Waals surface area (Å²) in [5, 5.41) is 2.95. The van der Waals surface area contributed by atoms with Crippen molar-refractivity contribution < 1.29 is 23.9 Å². The summed E-state index contributed by atoms with van der Waals surface area (Å²) < 4.78 is 10.3. The minimum Gasteiger partial charge on any atom is -0.466 e. The predicted octanol–water partition coefficient (Wildman–Crippen LogP) is 4.04. The van der Waals surface area contributed by atoms with E-state index in [1.807, 2.05) is 0 Å². The van der Waals surface area contributed by atoms with Gasteiger partial charge in [-0.25, -0.2) is 9.59 Å². The first-order valence-electron chi connectivity index (χ1n) is 10.9. The molecule has 0 heterocycles. The molecule has 1 amide bonds. The average molecular weight is 414 g/mol. The van der Waals surface area contributed by atoms with Crippen molar-refractivity contribution in [2.45, 2.75) is 69.9 Å². The Kier molecular flexibility index (Phi) is 8.05. The molecule has 2 saturated carbocycles. The van der Waals surface area contributed by atoms with E-state index in [-0.39, 0.29) is 23.9 Å². The Morgan fingerprint density at radius 3 is 2.43 bits per heavy atom. The molecule has 6 nitrogen and oxygen atoms in total. The molecule has 1 atom stereocenters. The van der Waals surface area contributed by atoms with Gasteiger partial charge in [0, 0.05) is 11.6 Å². The highest BCUT2D eigenvalue weighted by molar-refractivity contribution is 5.97. The minimum absolute atomic E-state index is 0.0210. The maximum Gasteiger partial charge on any atom is 0.330 e. The molecular formula is C24H31NO5. The molecule has 0 spiro atoms. The van der Waals surface area contributed by atoms with Crippen LogP contribution in [0.2, 0.25) is 0 Å². The summed E-state index contributed by atoms with van der Waals surface area (Å²) in [4.78, 5) is 37.2. The number of carbonyl (C=O) groups excluding carboxylic acids is 3. The predicted molar refractivity (Wildman–Crippen MR) is 114 cm³/mol. The monoisotopic (exact) mass is 413 g/mol. The van der Waals surface area contributed by atoms with E-state index in [1.54, 1.807) is 30.3 Å². The van der Waals surface area contributed by atoms with Crippen LogP contribution in [0, 0.1) is 5.92 Å². The van der Waals surface area contributed by atoms with Gasteiger partial charge in [0.25, 0.3) is 5.91 Å². The Bertz CT molecular complexity index is 776. The summed E-state index contributed by atoms with van der Waals surface area (Å²) in [5.74, 6) is -0.956. The van der Waals surface area contributed by atoms with E-state index in [0.29, 0.717) is 11.1 Å². The van der Waals surface area contributed by atoms with Crippen molar-refractivity contribution in [1.82, 2.24) is 5.32 Å². The van der Waals surface area contributed by atoms with Crippen molar-refractivity contribution in [2.24, 2.45) is 5.92 Å². The Morgan fingerprint density at radius 1 is 1.03 bits per heavy atom. The highest BCUT2D eigenvalue weighted by atomic mass is 16.5. The van der Waals surface area contributed by atoms with E-state index >= 15 is 0 Å². The molecule has 0 aromatic heterocycles. The number of amides is 1. The molecule has 162 valence electrons. The smallest absolute Gasteiger partial charge is 0.330 e. The standard InChI is InChI=1S/C24H31NO5/c1-29-21(26)15-14-17-8-7-11-19(16-17)23(27)25-22(18-9-3-2-4-10-18)24(28)30-20-12-5-6-13-20/h7-8,11,14-16,18,20,22H,2-6,9-10,12-13H2,1H3,(H,25,27)/b15-14+/t22-/m0/s1.